The first-order chi connectivity index (χ1) is 14.2. The van der Waals surface area contributed by atoms with Gasteiger partial charge in [-0.3, -0.25) is 13.9 Å². The van der Waals surface area contributed by atoms with E-state index in [1.165, 1.54) is 0 Å². The summed E-state index contributed by atoms with van der Waals surface area (Å²) in [6.45, 7) is 4.32. The number of hydrogen-bond acceptors (Lipinski definition) is 5. The van der Waals surface area contributed by atoms with Gasteiger partial charge in [-0.15, -0.1) is 0 Å². The Morgan fingerprint density at radius 2 is 1.80 bits per heavy atom. The van der Waals surface area contributed by atoms with Gasteiger partial charge in [0.05, 0.1) is 29.7 Å². The van der Waals surface area contributed by atoms with Crippen LogP contribution in [0.1, 0.15) is 24.2 Å². The molecule has 1 aliphatic heterocycles. The summed E-state index contributed by atoms with van der Waals surface area (Å²) in [5.74, 6) is -0.250. The minimum absolute atomic E-state index is 0.163. The molecule has 9 heteroatoms. The molecule has 0 fully saturated rings. The number of amides is 2. The fourth-order valence-electron chi connectivity index (χ4n) is 3.05. The molecule has 0 saturated carbocycles. The van der Waals surface area contributed by atoms with Crippen LogP contribution in [0.2, 0.25) is 0 Å². The van der Waals surface area contributed by atoms with Crippen LogP contribution in [0.15, 0.2) is 48.5 Å². The molecule has 1 heterocycles. The molecule has 2 N–H and O–H groups in total. The highest BCUT2D eigenvalue weighted by molar-refractivity contribution is 7.92. The SMILES string of the molecule is CC(C)CNC(=O)c1ccccc1NC(=O)[C@@H]1CN(S(C)(=O)=O)c2ccccc2O1. The smallest absolute Gasteiger partial charge is 0.267 e. The zero-order valence-electron chi connectivity index (χ0n) is 17.1. The van der Waals surface area contributed by atoms with E-state index in [0.29, 0.717) is 29.2 Å². The molecule has 30 heavy (non-hydrogen) atoms. The summed E-state index contributed by atoms with van der Waals surface area (Å²) in [7, 11) is -3.61. The molecule has 0 bridgehead atoms. The highest BCUT2D eigenvalue weighted by atomic mass is 32.2. The summed E-state index contributed by atoms with van der Waals surface area (Å²) < 4.78 is 31.4. The number of hydrogen-bond donors (Lipinski definition) is 2. The molecule has 0 saturated heterocycles. The number of benzene rings is 2. The van der Waals surface area contributed by atoms with Crippen molar-refractivity contribution in [1.29, 1.82) is 0 Å². The molecule has 0 spiro atoms. The number of fused-ring (bicyclic) bond motifs is 1. The first kappa shape index (κ1) is 21.6. The number of anilines is 2. The van der Waals surface area contributed by atoms with Crippen molar-refractivity contribution < 1.29 is 22.7 Å². The van der Waals surface area contributed by atoms with Gasteiger partial charge < -0.3 is 15.4 Å². The maximum atomic E-state index is 12.9. The Labute approximate surface area is 176 Å². The molecule has 3 rings (SSSR count). The van der Waals surface area contributed by atoms with Crippen LogP contribution in [0.25, 0.3) is 0 Å². The van der Waals surface area contributed by atoms with E-state index in [0.717, 1.165) is 10.6 Å². The Bertz CT molecular complexity index is 1050. The largest absolute Gasteiger partial charge is 0.476 e. The van der Waals surface area contributed by atoms with Crippen molar-refractivity contribution in [3.05, 3.63) is 54.1 Å². The average molecular weight is 432 g/mol. The van der Waals surface area contributed by atoms with E-state index in [9.17, 15) is 18.0 Å². The summed E-state index contributed by atoms with van der Waals surface area (Å²) in [6.07, 6.45) is 0.0136. The maximum Gasteiger partial charge on any atom is 0.267 e. The fraction of sp³-hybridized carbons (Fsp3) is 0.333. The van der Waals surface area contributed by atoms with Crippen molar-refractivity contribution in [3.8, 4) is 5.75 Å². The number of carbonyl (C=O) groups excluding carboxylic acids is 2. The van der Waals surface area contributed by atoms with E-state index in [-0.39, 0.29) is 18.4 Å². The lowest BCUT2D eigenvalue weighted by Crippen LogP contribution is -2.48. The Balaban J connectivity index is 1.81. The number of sulfonamides is 1. The molecule has 0 unspecified atom stereocenters. The first-order valence-electron chi connectivity index (χ1n) is 9.58. The predicted molar refractivity (Wildman–Crippen MR) is 115 cm³/mol. The van der Waals surface area contributed by atoms with Gasteiger partial charge in [-0.1, -0.05) is 38.1 Å². The van der Waals surface area contributed by atoms with Gasteiger partial charge in [0.2, 0.25) is 10.0 Å². The molecular weight excluding hydrogens is 406 g/mol. The second-order valence-corrected chi connectivity index (χ2v) is 9.41. The average Bonchev–Trinajstić information content (AvgIpc) is 2.70. The van der Waals surface area contributed by atoms with Gasteiger partial charge in [-0.05, 0) is 30.2 Å². The van der Waals surface area contributed by atoms with Gasteiger partial charge in [0.1, 0.15) is 5.75 Å². The normalized spacial score (nSPS) is 15.9. The fourth-order valence-corrected chi connectivity index (χ4v) is 3.96. The lowest BCUT2D eigenvalue weighted by atomic mass is 10.1. The van der Waals surface area contributed by atoms with Crippen LogP contribution in [0.3, 0.4) is 0 Å². The second-order valence-electron chi connectivity index (χ2n) is 7.51. The third-order valence-corrected chi connectivity index (χ3v) is 5.67. The molecule has 1 atom stereocenters. The number of nitrogens with one attached hydrogen (secondary N) is 2. The lowest BCUT2D eigenvalue weighted by Gasteiger charge is -2.33. The predicted octanol–water partition coefficient (Wildman–Crippen LogP) is 2.24. The molecule has 0 aliphatic carbocycles. The molecular formula is C21H25N3O5S. The van der Waals surface area contributed by atoms with Crippen LogP contribution in [0, 0.1) is 5.92 Å². The summed E-state index contributed by atoms with van der Waals surface area (Å²) in [6, 6.07) is 13.3. The summed E-state index contributed by atoms with van der Waals surface area (Å²) in [5, 5.41) is 5.53. The van der Waals surface area contributed by atoms with E-state index in [1.807, 2.05) is 13.8 Å². The maximum absolute atomic E-state index is 12.9. The Kier molecular flexibility index (Phi) is 6.31. The number of ether oxygens (including phenoxy) is 1. The van der Waals surface area contributed by atoms with Crippen LogP contribution in [0.5, 0.6) is 5.75 Å². The molecule has 2 aromatic carbocycles. The van der Waals surface area contributed by atoms with Crippen molar-refractivity contribution in [2.45, 2.75) is 20.0 Å². The third-order valence-electron chi connectivity index (χ3n) is 4.53. The van der Waals surface area contributed by atoms with Crippen LogP contribution in [0.4, 0.5) is 11.4 Å². The Morgan fingerprint density at radius 3 is 2.50 bits per heavy atom. The van der Waals surface area contributed by atoms with Gasteiger partial charge in [-0.2, -0.15) is 0 Å². The summed E-state index contributed by atoms with van der Waals surface area (Å²) >= 11 is 0. The van der Waals surface area contributed by atoms with Gasteiger partial charge in [0.15, 0.2) is 6.10 Å². The Morgan fingerprint density at radius 1 is 1.13 bits per heavy atom. The van der Waals surface area contributed by atoms with Crippen LogP contribution in [-0.4, -0.2) is 45.7 Å². The zero-order valence-corrected chi connectivity index (χ0v) is 17.9. The van der Waals surface area contributed by atoms with Gasteiger partial charge in [-0.25, -0.2) is 8.42 Å². The monoisotopic (exact) mass is 431 g/mol. The minimum atomic E-state index is -3.61. The van der Waals surface area contributed by atoms with E-state index in [1.54, 1.807) is 48.5 Å². The summed E-state index contributed by atoms with van der Waals surface area (Å²) in [5.41, 5.74) is 1.04. The quantitative estimate of drug-likeness (QED) is 0.730. The molecule has 8 nitrogen and oxygen atoms in total. The second kappa shape index (κ2) is 8.74. The molecule has 2 aromatic rings. The number of rotatable bonds is 6. The van der Waals surface area contributed by atoms with Gasteiger partial charge in [0, 0.05) is 6.54 Å². The van der Waals surface area contributed by atoms with E-state index < -0.39 is 22.0 Å². The zero-order chi connectivity index (χ0) is 21.9. The third kappa shape index (κ3) is 4.91. The number of carbonyl (C=O) groups is 2. The lowest BCUT2D eigenvalue weighted by molar-refractivity contribution is -0.122. The van der Waals surface area contributed by atoms with E-state index in [4.69, 9.17) is 4.74 Å². The van der Waals surface area contributed by atoms with Gasteiger partial charge in [0.25, 0.3) is 11.8 Å². The van der Waals surface area contributed by atoms with Crippen LogP contribution < -0.4 is 19.7 Å². The van der Waals surface area contributed by atoms with Gasteiger partial charge >= 0.3 is 0 Å². The standard InChI is InChI=1S/C21H25N3O5S/c1-14(2)12-22-20(25)15-8-4-5-9-16(15)23-21(26)19-13-24(30(3,27)28)17-10-6-7-11-18(17)29-19/h4-11,14,19H,12-13H2,1-3H3,(H,22,25)(H,23,26)/t19-/m0/s1. The summed E-state index contributed by atoms with van der Waals surface area (Å²) in [4.78, 5) is 25.4. The van der Waals surface area contributed by atoms with Crippen molar-refractivity contribution in [1.82, 2.24) is 5.32 Å². The van der Waals surface area contributed by atoms with E-state index >= 15 is 0 Å². The molecule has 0 radical (unpaired) electrons. The molecule has 2 amide bonds. The first-order valence-corrected chi connectivity index (χ1v) is 11.4. The van der Waals surface area contributed by atoms with Crippen LogP contribution in [-0.2, 0) is 14.8 Å². The number of nitrogens with zero attached hydrogens (tertiary/aromatic N) is 1. The Hall–Kier alpha value is -3.07. The highest BCUT2D eigenvalue weighted by Gasteiger charge is 2.35. The molecule has 0 aromatic heterocycles. The molecule has 1 aliphatic rings. The van der Waals surface area contributed by atoms with Crippen LogP contribution >= 0.6 is 0 Å². The van der Waals surface area contributed by atoms with Crippen molar-refractivity contribution >= 4 is 33.2 Å². The van der Waals surface area contributed by atoms with Crippen molar-refractivity contribution in [3.63, 3.8) is 0 Å². The topological polar surface area (TPSA) is 105 Å². The minimum Gasteiger partial charge on any atom is -0.476 e. The highest BCUT2D eigenvalue weighted by Crippen LogP contribution is 2.34. The molecule has 160 valence electrons. The van der Waals surface area contributed by atoms with Crippen molar-refractivity contribution in [2.24, 2.45) is 5.92 Å². The van der Waals surface area contributed by atoms with E-state index in [2.05, 4.69) is 10.6 Å². The van der Waals surface area contributed by atoms with Crippen molar-refractivity contribution in [2.75, 3.05) is 29.0 Å². The number of para-hydroxylation sites is 3.